The van der Waals surface area contributed by atoms with Crippen LogP contribution in [0.1, 0.15) is 81.8 Å². The minimum Gasteiger partial charge on any atom is -0.496 e. The number of hydrogen-bond donors (Lipinski definition) is 0. The predicted molar refractivity (Wildman–Crippen MR) is 90.6 cm³/mol. The minimum absolute atomic E-state index is 0.126. The number of rotatable bonds is 6. The first-order valence-corrected chi connectivity index (χ1v) is 8.51. The third kappa shape index (κ3) is 3.13. The van der Waals surface area contributed by atoms with E-state index in [2.05, 4.69) is 26.8 Å². The van der Waals surface area contributed by atoms with Crippen LogP contribution in [0.4, 0.5) is 0 Å². The van der Waals surface area contributed by atoms with E-state index >= 15 is 0 Å². The van der Waals surface area contributed by atoms with Crippen molar-refractivity contribution in [2.45, 2.75) is 72.3 Å². The average molecular weight is 306 g/mol. The highest BCUT2D eigenvalue weighted by Gasteiger charge is 2.35. The highest BCUT2D eigenvalue weighted by atomic mass is 16.5. The number of ether oxygens (including phenoxy) is 2. The van der Waals surface area contributed by atoms with Crippen LogP contribution in [-0.2, 0) is 16.8 Å². The number of fused-ring (bicyclic) bond motifs is 1. The highest BCUT2D eigenvalue weighted by molar-refractivity contribution is 5.94. The van der Waals surface area contributed by atoms with Crippen molar-refractivity contribution in [3.63, 3.8) is 0 Å². The van der Waals surface area contributed by atoms with Gasteiger partial charge in [0.15, 0.2) is 0 Å². The number of esters is 1. The molecule has 1 aliphatic heterocycles. The van der Waals surface area contributed by atoms with Gasteiger partial charge >= 0.3 is 5.97 Å². The third-order valence-electron chi connectivity index (χ3n) is 4.69. The Morgan fingerprint density at radius 1 is 1.18 bits per heavy atom. The lowest BCUT2D eigenvalue weighted by atomic mass is 9.71. The van der Waals surface area contributed by atoms with E-state index in [1.807, 2.05) is 19.9 Å². The van der Waals surface area contributed by atoms with Gasteiger partial charge in [0.1, 0.15) is 12.4 Å². The van der Waals surface area contributed by atoms with Gasteiger partial charge in [0.25, 0.3) is 0 Å². The van der Waals surface area contributed by atoms with Gasteiger partial charge in [0, 0.05) is 11.1 Å². The van der Waals surface area contributed by atoms with Crippen molar-refractivity contribution in [3.05, 3.63) is 28.8 Å². The molecule has 1 heterocycles. The Labute approximate surface area is 135 Å². The SMILES string of the molecule is CC.CCCC(CC)(CC)c1ccc2c(c1OC)COC2=O. The Morgan fingerprint density at radius 2 is 1.82 bits per heavy atom. The van der Waals surface area contributed by atoms with E-state index in [0.29, 0.717) is 12.2 Å². The smallest absolute Gasteiger partial charge is 0.339 e. The lowest BCUT2D eigenvalue weighted by Crippen LogP contribution is -2.25. The van der Waals surface area contributed by atoms with Crippen LogP contribution in [0, 0.1) is 0 Å². The molecule has 1 aromatic rings. The highest BCUT2D eigenvalue weighted by Crippen LogP contribution is 2.44. The molecule has 0 saturated carbocycles. The molecule has 0 bridgehead atoms. The first-order valence-electron chi connectivity index (χ1n) is 8.51. The molecule has 1 aromatic carbocycles. The van der Waals surface area contributed by atoms with Crippen molar-refractivity contribution in [1.82, 2.24) is 0 Å². The molecule has 1 aliphatic rings. The Balaban J connectivity index is 0.00000116. The second-order valence-electron chi connectivity index (χ2n) is 5.49. The zero-order valence-electron chi connectivity index (χ0n) is 14.9. The summed E-state index contributed by atoms with van der Waals surface area (Å²) in [5.41, 5.74) is 2.92. The first-order chi connectivity index (χ1) is 10.6. The number of hydrogen-bond acceptors (Lipinski definition) is 3. The van der Waals surface area contributed by atoms with Crippen LogP contribution in [-0.4, -0.2) is 13.1 Å². The number of methoxy groups -OCH3 is 1. The maximum absolute atomic E-state index is 11.7. The largest absolute Gasteiger partial charge is 0.496 e. The molecule has 3 heteroatoms. The first kappa shape index (κ1) is 18.5. The second kappa shape index (κ2) is 8.21. The van der Waals surface area contributed by atoms with Crippen molar-refractivity contribution in [2.75, 3.05) is 7.11 Å². The zero-order valence-corrected chi connectivity index (χ0v) is 14.9. The van der Waals surface area contributed by atoms with Crippen molar-refractivity contribution in [1.29, 1.82) is 0 Å². The van der Waals surface area contributed by atoms with E-state index in [-0.39, 0.29) is 11.4 Å². The molecule has 22 heavy (non-hydrogen) atoms. The van der Waals surface area contributed by atoms with Crippen molar-refractivity contribution in [2.24, 2.45) is 0 Å². The molecule has 0 unspecified atom stereocenters. The number of cyclic esters (lactones) is 1. The molecule has 2 rings (SSSR count). The van der Waals surface area contributed by atoms with Gasteiger partial charge in [-0.05, 0) is 30.7 Å². The van der Waals surface area contributed by atoms with Gasteiger partial charge in [-0.25, -0.2) is 4.79 Å². The Morgan fingerprint density at radius 3 is 2.32 bits per heavy atom. The summed E-state index contributed by atoms with van der Waals surface area (Å²) in [6.45, 7) is 11.0. The van der Waals surface area contributed by atoms with Gasteiger partial charge in [-0.2, -0.15) is 0 Å². The van der Waals surface area contributed by atoms with Crippen molar-refractivity contribution < 1.29 is 14.3 Å². The summed E-state index contributed by atoms with van der Waals surface area (Å²) in [6.07, 6.45) is 4.41. The molecule has 3 nitrogen and oxygen atoms in total. The van der Waals surface area contributed by atoms with Crippen LogP contribution < -0.4 is 4.74 Å². The molecule has 0 spiro atoms. The van der Waals surface area contributed by atoms with E-state index in [9.17, 15) is 4.79 Å². The summed E-state index contributed by atoms with van der Waals surface area (Å²) in [6, 6.07) is 3.96. The average Bonchev–Trinajstić information content (AvgIpc) is 2.95. The van der Waals surface area contributed by atoms with Crippen LogP contribution in [0.15, 0.2) is 12.1 Å². The molecule has 0 aromatic heterocycles. The molecule has 0 N–H and O–H groups in total. The molecular weight excluding hydrogens is 276 g/mol. The zero-order chi connectivity index (χ0) is 16.8. The Kier molecular flexibility index (Phi) is 6.92. The molecule has 0 aliphatic carbocycles. The normalized spacial score (nSPS) is 13.1. The fourth-order valence-electron chi connectivity index (χ4n) is 3.43. The lowest BCUT2D eigenvalue weighted by molar-refractivity contribution is 0.0534. The maximum Gasteiger partial charge on any atom is 0.339 e. The summed E-state index contributed by atoms with van der Waals surface area (Å²) in [7, 11) is 1.68. The number of carbonyl (C=O) groups is 1. The van der Waals surface area contributed by atoms with Crippen LogP contribution in [0.3, 0.4) is 0 Å². The summed E-state index contributed by atoms with van der Waals surface area (Å²) < 4.78 is 10.8. The topological polar surface area (TPSA) is 35.5 Å². The quantitative estimate of drug-likeness (QED) is 0.673. The van der Waals surface area contributed by atoms with E-state index in [1.165, 1.54) is 5.56 Å². The van der Waals surface area contributed by atoms with Gasteiger partial charge in [-0.3, -0.25) is 0 Å². The molecular formula is C19H30O3. The Hall–Kier alpha value is -1.51. The molecule has 0 atom stereocenters. The minimum atomic E-state index is -0.237. The van der Waals surface area contributed by atoms with E-state index in [0.717, 1.165) is 37.0 Å². The summed E-state index contributed by atoms with van der Waals surface area (Å²) in [5, 5.41) is 0. The number of carbonyl (C=O) groups excluding carboxylic acids is 1. The summed E-state index contributed by atoms with van der Waals surface area (Å²) in [4.78, 5) is 11.7. The van der Waals surface area contributed by atoms with Crippen LogP contribution in [0.2, 0.25) is 0 Å². The maximum atomic E-state index is 11.7. The lowest BCUT2D eigenvalue weighted by Gasteiger charge is -2.34. The van der Waals surface area contributed by atoms with Gasteiger partial charge < -0.3 is 9.47 Å². The van der Waals surface area contributed by atoms with E-state index in [4.69, 9.17) is 9.47 Å². The number of benzene rings is 1. The molecule has 0 fully saturated rings. The van der Waals surface area contributed by atoms with Crippen LogP contribution >= 0.6 is 0 Å². The Bertz CT molecular complexity index is 502. The summed E-state index contributed by atoms with van der Waals surface area (Å²) in [5.74, 6) is 0.615. The molecule has 0 radical (unpaired) electrons. The van der Waals surface area contributed by atoms with Crippen LogP contribution in [0.5, 0.6) is 5.75 Å². The third-order valence-corrected chi connectivity index (χ3v) is 4.69. The van der Waals surface area contributed by atoms with Crippen LogP contribution in [0.25, 0.3) is 0 Å². The predicted octanol–water partition coefficient (Wildman–Crippen LogP) is 5.25. The second-order valence-corrected chi connectivity index (χ2v) is 5.49. The van der Waals surface area contributed by atoms with Crippen molar-refractivity contribution in [3.8, 4) is 5.75 Å². The van der Waals surface area contributed by atoms with Crippen molar-refractivity contribution >= 4 is 5.97 Å². The van der Waals surface area contributed by atoms with Gasteiger partial charge in [-0.15, -0.1) is 0 Å². The van der Waals surface area contributed by atoms with E-state index in [1.54, 1.807) is 7.11 Å². The molecule has 0 amide bonds. The molecule has 124 valence electrons. The summed E-state index contributed by atoms with van der Waals surface area (Å²) >= 11 is 0. The monoisotopic (exact) mass is 306 g/mol. The fraction of sp³-hybridized carbons (Fsp3) is 0.632. The van der Waals surface area contributed by atoms with E-state index < -0.39 is 0 Å². The fourth-order valence-corrected chi connectivity index (χ4v) is 3.43. The van der Waals surface area contributed by atoms with Gasteiger partial charge in [0.2, 0.25) is 0 Å². The molecule has 0 saturated heterocycles. The van der Waals surface area contributed by atoms with Gasteiger partial charge in [-0.1, -0.05) is 47.1 Å². The standard InChI is InChI=1S/C17H24O3.C2H6/c1-5-10-17(6-2,7-3)14-9-8-12-13(15(14)19-4)11-20-16(12)18;1-2/h8-9H,5-7,10-11H2,1-4H3;1-2H3. The van der Waals surface area contributed by atoms with Gasteiger partial charge in [0.05, 0.1) is 12.7 Å².